The number of rotatable bonds is 21. The van der Waals surface area contributed by atoms with E-state index in [1.807, 2.05) is 39.6 Å². The maximum Gasteiger partial charge on any atom is 0.339 e. The third-order valence-corrected chi connectivity index (χ3v) is 11.7. The minimum Gasteiger partial charge on any atom is -0.481 e. The number of piperidine rings is 1. The number of likely N-dealkylation sites (tertiary alicyclic amines) is 1. The molecule has 328 valence electrons. The number of carboxylic acid groups (broad SMARTS) is 1. The molecule has 2 aromatic carbocycles. The number of ether oxygens (including phenoxy) is 2. The number of amides is 2. The van der Waals surface area contributed by atoms with E-state index in [0.717, 1.165) is 37.1 Å². The van der Waals surface area contributed by atoms with Gasteiger partial charge in [-0.2, -0.15) is 0 Å². The fraction of sp³-hybridized carbons (Fsp3) is 0.533. The number of nitrogens with one attached hydrogen (secondary N) is 1. The van der Waals surface area contributed by atoms with Gasteiger partial charge in [-0.1, -0.05) is 71.9 Å². The standard InChI is InChI=1S/C44H57FN4O9S.CH4/c1-27(2)34(23-38(51)36-14-10-11-21-48(36)6)43(55)49(26-57-44(56)31-12-8-7-9-13-31)37(28(3)4)24-39(58-29(5)50)42-47-35(25-59-42)41(54)46-33(19-20-40(52)53)22-30-15-17-32(45)18-16-30;/h7-9,12-13,15-18,25,27-28,33-34,36-37,39H,10-11,14,19-24,26H2,1-6H3,(H,46,54)(H,52,53);1H4/t33-,34?,36?,37-,39-;/m1./s1. The van der Waals surface area contributed by atoms with Crippen LogP contribution in [0.3, 0.4) is 0 Å². The van der Waals surface area contributed by atoms with Gasteiger partial charge in [0.25, 0.3) is 5.91 Å². The van der Waals surface area contributed by atoms with Gasteiger partial charge in [0.1, 0.15) is 16.5 Å². The Morgan fingerprint density at radius 1 is 1.00 bits per heavy atom. The fourth-order valence-corrected chi connectivity index (χ4v) is 8.21. The lowest BCUT2D eigenvalue weighted by atomic mass is 9.84. The first kappa shape index (κ1) is 49.3. The molecule has 0 bridgehead atoms. The quantitative estimate of drug-likeness (QED) is 0.0803. The van der Waals surface area contributed by atoms with Crippen molar-refractivity contribution in [2.24, 2.45) is 17.8 Å². The number of aromatic nitrogens is 1. The summed E-state index contributed by atoms with van der Waals surface area (Å²) < 4.78 is 25.1. The van der Waals surface area contributed by atoms with E-state index in [0.29, 0.717) is 11.1 Å². The number of hydrogen-bond donors (Lipinski definition) is 2. The van der Waals surface area contributed by atoms with Crippen LogP contribution in [0.2, 0.25) is 0 Å². The molecule has 2 heterocycles. The van der Waals surface area contributed by atoms with Crippen molar-refractivity contribution in [3.8, 4) is 0 Å². The molecule has 2 unspecified atom stereocenters. The SMILES string of the molecule is C.CC(=O)O[C@H](C[C@H](C(C)C)N(COC(=O)c1ccccc1)C(=O)C(CC(=O)C1CCCCN1C)C(C)C)c1nc(C(=O)N[C@H](CCC(=O)O)Cc2ccc(F)cc2)cs1. The van der Waals surface area contributed by atoms with Crippen LogP contribution in [-0.4, -0.2) is 93.8 Å². The van der Waals surface area contributed by atoms with E-state index in [-0.39, 0.29) is 79.8 Å². The van der Waals surface area contributed by atoms with Crippen molar-refractivity contribution < 1.29 is 47.7 Å². The van der Waals surface area contributed by atoms with Crippen LogP contribution in [0.25, 0.3) is 0 Å². The molecule has 4 rings (SSSR count). The number of ketones is 1. The van der Waals surface area contributed by atoms with Gasteiger partial charge in [0.15, 0.2) is 18.6 Å². The zero-order valence-corrected chi connectivity index (χ0v) is 35.5. The van der Waals surface area contributed by atoms with Gasteiger partial charge in [0.05, 0.1) is 11.6 Å². The summed E-state index contributed by atoms with van der Waals surface area (Å²) in [6.45, 7) is 9.16. The molecule has 0 spiro atoms. The second-order valence-electron chi connectivity index (χ2n) is 15.9. The number of esters is 2. The molecule has 5 atom stereocenters. The molecule has 13 nitrogen and oxygen atoms in total. The highest BCUT2D eigenvalue weighted by molar-refractivity contribution is 7.09. The van der Waals surface area contributed by atoms with Gasteiger partial charge >= 0.3 is 17.9 Å². The Morgan fingerprint density at radius 2 is 1.68 bits per heavy atom. The van der Waals surface area contributed by atoms with Gasteiger partial charge in [-0.25, -0.2) is 14.2 Å². The number of Topliss-reactive ketones (excluding diaryl/α,β-unsaturated/α-hetero) is 1. The highest BCUT2D eigenvalue weighted by Gasteiger charge is 2.39. The van der Waals surface area contributed by atoms with E-state index in [9.17, 15) is 38.3 Å². The van der Waals surface area contributed by atoms with Crippen LogP contribution < -0.4 is 5.32 Å². The Kier molecular flexibility index (Phi) is 19.5. The Balaban J connectivity index is 0.00000961. The van der Waals surface area contributed by atoms with Crippen LogP contribution in [0, 0.1) is 23.6 Å². The summed E-state index contributed by atoms with van der Waals surface area (Å²) in [4.78, 5) is 87.3. The van der Waals surface area contributed by atoms with Crippen LogP contribution >= 0.6 is 11.3 Å². The van der Waals surface area contributed by atoms with Crippen LogP contribution in [0.15, 0.2) is 60.0 Å². The zero-order chi connectivity index (χ0) is 43.2. The number of likely N-dealkylation sites (N-methyl/N-ethyl adjacent to an activating group) is 1. The Bertz CT molecular complexity index is 1890. The first-order chi connectivity index (χ1) is 28.0. The summed E-state index contributed by atoms with van der Waals surface area (Å²) in [5.74, 6) is -4.94. The Hall–Kier alpha value is -5.02. The van der Waals surface area contributed by atoms with E-state index in [2.05, 4.69) is 10.3 Å². The zero-order valence-electron chi connectivity index (χ0n) is 34.7. The van der Waals surface area contributed by atoms with E-state index in [1.54, 1.807) is 42.5 Å². The van der Waals surface area contributed by atoms with Gasteiger partial charge in [-0.05, 0) is 80.9 Å². The predicted molar refractivity (Wildman–Crippen MR) is 227 cm³/mol. The van der Waals surface area contributed by atoms with Gasteiger partial charge < -0.3 is 24.8 Å². The monoisotopic (exact) mass is 852 g/mol. The maximum atomic E-state index is 14.8. The van der Waals surface area contributed by atoms with Crippen molar-refractivity contribution in [1.82, 2.24) is 20.1 Å². The molecule has 0 saturated carbocycles. The molecular formula is C45H61FN4O9S. The summed E-state index contributed by atoms with van der Waals surface area (Å²) in [5.41, 5.74) is 1.01. The van der Waals surface area contributed by atoms with E-state index in [4.69, 9.17) is 9.47 Å². The third kappa shape index (κ3) is 14.6. The predicted octanol–water partition coefficient (Wildman–Crippen LogP) is 7.50. The Labute approximate surface area is 357 Å². The number of carbonyl (C=O) groups excluding carboxylic acids is 5. The summed E-state index contributed by atoms with van der Waals surface area (Å²) in [7, 11) is 1.92. The first-order valence-electron chi connectivity index (χ1n) is 20.2. The van der Waals surface area contributed by atoms with E-state index < -0.39 is 60.5 Å². The second-order valence-corrected chi connectivity index (χ2v) is 16.8. The Morgan fingerprint density at radius 3 is 2.28 bits per heavy atom. The molecule has 15 heteroatoms. The van der Waals surface area contributed by atoms with Gasteiger partial charge in [-0.3, -0.25) is 28.9 Å². The number of aliphatic carboxylic acids is 1. The molecule has 1 fully saturated rings. The van der Waals surface area contributed by atoms with Crippen molar-refractivity contribution in [2.75, 3.05) is 20.3 Å². The summed E-state index contributed by atoms with van der Waals surface area (Å²) in [5, 5.41) is 14.0. The van der Waals surface area contributed by atoms with Crippen molar-refractivity contribution in [1.29, 1.82) is 0 Å². The normalized spacial score (nSPS) is 16.2. The third-order valence-electron chi connectivity index (χ3n) is 10.7. The molecular weight excluding hydrogens is 792 g/mol. The molecule has 1 aliphatic rings. The van der Waals surface area contributed by atoms with E-state index in [1.165, 1.54) is 29.3 Å². The number of carbonyl (C=O) groups is 6. The lowest BCUT2D eigenvalue weighted by molar-refractivity contribution is -0.152. The van der Waals surface area contributed by atoms with Crippen LogP contribution in [0.4, 0.5) is 4.39 Å². The van der Waals surface area contributed by atoms with Gasteiger partial charge in [0, 0.05) is 49.6 Å². The minimum absolute atomic E-state index is 0. The minimum atomic E-state index is -1.03. The molecule has 2 amide bonds. The topological polar surface area (TPSA) is 173 Å². The van der Waals surface area contributed by atoms with Gasteiger partial charge in [0.2, 0.25) is 5.91 Å². The van der Waals surface area contributed by atoms with Crippen LogP contribution in [0.5, 0.6) is 0 Å². The average Bonchev–Trinajstić information content (AvgIpc) is 3.69. The van der Waals surface area contributed by atoms with Crippen LogP contribution in [0.1, 0.15) is 125 Å². The number of carboxylic acids is 1. The maximum absolute atomic E-state index is 14.8. The average molecular weight is 853 g/mol. The number of nitrogens with zero attached hydrogens (tertiary/aromatic N) is 3. The van der Waals surface area contributed by atoms with E-state index >= 15 is 0 Å². The van der Waals surface area contributed by atoms with Crippen LogP contribution in [-0.2, 0) is 35.1 Å². The molecule has 60 heavy (non-hydrogen) atoms. The smallest absolute Gasteiger partial charge is 0.339 e. The highest BCUT2D eigenvalue weighted by Crippen LogP contribution is 2.33. The van der Waals surface area contributed by atoms with Crippen molar-refractivity contribution in [3.63, 3.8) is 0 Å². The molecule has 1 aliphatic heterocycles. The summed E-state index contributed by atoms with van der Waals surface area (Å²) >= 11 is 1.08. The van der Waals surface area contributed by atoms with Gasteiger partial charge in [-0.15, -0.1) is 11.3 Å². The molecule has 0 aliphatic carbocycles. The first-order valence-corrected chi connectivity index (χ1v) is 21.1. The summed E-state index contributed by atoms with van der Waals surface area (Å²) in [6.07, 6.45) is 1.81. The van der Waals surface area contributed by atoms with Crippen molar-refractivity contribution in [3.05, 3.63) is 87.6 Å². The number of benzene rings is 2. The fourth-order valence-electron chi connectivity index (χ4n) is 7.37. The lowest BCUT2D eigenvalue weighted by Gasteiger charge is -2.39. The lowest BCUT2D eigenvalue weighted by Crippen LogP contribution is -2.50. The molecule has 1 saturated heterocycles. The highest BCUT2D eigenvalue weighted by atomic mass is 32.1. The molecule has 1 aromatic heterocycles. The number of thiazole rings is 1. The second kappa shape index (κ2) is 23.7. The van der Waals surface area contributed by atoms with Crippen molar-refractivity contribution in [2.45, 2.75) is 118 Å². The summed E-state index contributed by atoms with van der Waals surface area (Å²) in [6, 6.07) is 12.5. The molecule has 0 radical (unpaired) electrons. The molecule has 3 aromatic rings. The number of hydrogen-bond acceptors (Lipinski definition) is 11. The molecule has 2 N–H and O–H groups in total. The number of halogens is 1. The van der Waals surface area contributed by atoms with Crippen molar-refractivity contribution >= 4 is 46.8 Å². The largest absolute Gasteiger partial charge is 0.481 e.